The molecule has 0 spiro atoms. The number of nitrogens with zero attached hydrogens (tertiary/aromatic N) is 2. The molecule has 0 bridgehead atoms. The largest absolute Gasteiger partial charge is 0.508 e. The molecule has 1 atom stereocenters. The molecule has 160 valence electrons. The second-order valence-corrected chi connectivity index (χ2v) is 9.13. The van der Waals surface area contributed by atoms with Gasteiger partial charge in [-0.2, -0.15) is 0 Å². The van der Waals surface area contributed by atoms with Gasteiger partial charge in [-0.05, 0) is 72.4 Å². The second-order valence-electron chi connectivity index (χ2n) is 8.21. The number of para-hydroxylation sites is 1. The summed E-state index contributed by atoms with van der Waals surface area (Å²) in [5, 5.41) is 10.3. The number of phenolic OH excluding ortho intramolecular Hbond substituents is 1. The third kappa shape index (κ3) is 4.47. The number of benzene rings is 3. The quantitative estimate of drug-likeness (QED) is 0.498. The zero-order valence-electron chi connectivity index (χ0n) is 17.9. The van der Waals surface area contributed by atoms with Crippen molar-refractivity contribution in [3.63, 3.8) is 0 Å². The van der Waals surface area contributed by atoms with E-state index in [0.717, 1.165) is 51.8 Å². The monoisotopic (exact) mass is 478 g/mol. The molecule has 5 heteroatoms. The van der Waals surface area contributed by atoms with Crippen LogP contribution >= 0.6 is 15.9 Å². The fourth-order valence-corrected chi connectivity index (χ4v) is 4.71. The fraction of sp³-hybridized carbons (Fsp3) is 0.269. The maximum atomic E-state index is 14.0. The Morgan fingerprint density at radius 3 is 2.52 bits per heavy atom. The lowest BCUT2D eigenvalue weighted by Crippen LogP contribution is -2.36. The van der Waals surface area contributed by atoms with E-state index >= 15 is 0 Å². The Balaban J connectivity index is 1.75. The highest BCUT2D eigenvalue weighted by Crippen LogP contribution is 2.38. The smallest absolute Gasteiger partial charge is 0.234 e. The summed E-state index contributed by atoms with van der Waals surface area (Å²) >= 11 is 3.50. The van der Waals surface area contributed by atoms with Crippen LogP contribution in [-0.4, -0.2) is 25.1 Å². The Morgan fingerprint density at radius 2 is 1.77 bits per heavy atom. The molecule has 0 radical (unpaired) electrons. The number of phenols is 1. The van der Waals surface area contributed by atoms with E-state index in [9.17, 15) is 9.90 Å². The van der Waals surface area contributed by atoms with Crippen LogP contribution in [0.4, 0.5) is 11.4 Å². The Labute approximate surface area is 192 Å². The molecule has 3 aromatic rings. The van der Waals surface area contributed by atoms with Crippen molar-refractivity contribution in [3.8, 4) is 5.75 Å². The minimum atomic E-state index is -0.258. The van der Waals surface area contributed by atoms with Crippen molar-refractivity contribution in [2.75, 3.05) is 23.9 Å². The summed E-state index contributed by atoms with van der Waals surface area (Å²) < 4.78 is 0.977. The van der Waals surface area contributed by atoms with Gasteiger partial charge in [0.1, 0.15) is 5.75 Å². The van der Waals surface area contributed by atoms with Crippen molar-refractivity contribution in [3.05, 3.63) is 87.9 Å². The molecular formula is C26H27BrN2O2. The van der Waals surface area contributed by atoms with Crippen LogP contribution < -0.4 is 9.80 Å². The van der Waals surface area contributed by atoms with Crippen LogP contribution in [0.5, 0.6) is 5.75 Å². The van der Waals surface area contributed by atoms with Crippen LogP contribution in [0.2, 0.25) is 0 Å². The van der Waals surface area contributed by atoms with E-state index in [1.54, 1.807) is 6.07 Å². The van der Waals surface area contributed by atoms with Gasteiger partial charge < -0.3 is 14.9 Å². The number of aromatic hydroxyl groups is 1. The van der Waals surface area contributed by atoms with E-state index in [-0.39, 0.29) is 11.8 Å². The van der Waals surface area contributed by atoms with E-state index in [2.05, 4.69) is 33.0 Å². The van der Waals surface area contributed by atoms with Gasteiger partial charge in [0.2, 0.25) is 5.91 Å². The van der Waals surface area contributed by atoms with Gasteiger partial charge in [0.25, 0.3) is 0 Å². The van der Waals surface area contributed by atoms with Crippen molar-refractivity contribution in [2.24, 2.45) is 0 Å². The molecule has 0 fully saturated rings. The number of carbonyl (C=O) groups excluding carboxylic acids is 1. The van der Waals surface area contributed by atoms with E-state index in [1.165, 1.54) is 0 Å². The zero-order valence-corrected chi connectivity index (χ0v) is 19.5. The minimum Gasteiger partial charge on any atom is -0.508 e. The van der Waals surface area contributed by atoms with E-state index < -0.39 is 0 Å². The van der Waals surface area contributed by atoms with Crippen molar-refractivity contribution >= 4 is 33.2 Å². The van der Waals surface area contributed by atoms with Crippen LogP contribution in [-0.2, 0) is 17.8 Å². The molecule has 31 heavy (non-hydrogen) atoms. The molecule has 1 N–H and O–H groups in total. The van der Waals surface area contributed by atoms with Crippen LogP contribution in [0.1, 0.15) is 35.4 Å². The number of hydrogen-bond acceptors (Lipinski definition) is 3. The Kier molecular flexibility index (Phi) is 6.33. The van der Waals surface area contributed by atoms with Gasteiger partial charge in [0.05, 0.1) is 12.5 Å². The molecule has 4 nitrogen and oxygen atoms in total. The molecular weight excluding hydrogens is 452 g/mol. The number of amides is 1. The van der Waals surface area contributed by atoms with Gasteiger partial charge in [-0.1, -0.05) is 46.3 Å². The van der Waals surface area contributed by atoms with Crippen molar-refractivity contribution < 1.29 is 9.90 Å². The Hall–Kier alpha value is -2.79. The number of fused-ring (bicyclic) bond motifs is 1. The summed E-state index contributed by atoms with van der Waals surface area (Å²) in [7, 11) is 4.04. The molecule has 1 unspecified atom stereocenters. The van der Waals surface area contributed by atoms with Crippen LogP contribution in [0.3, 0.4) is 0 Å². The first-order valence-electron chi connectivity index (χ1n) is 10.6. The third-order valence-electron chi connectivity index (χ3n) is 5.99. The zero-order chi connectivity index (χ0) is 22.0. The minimum absolute atomic E-state index is 0.0717. The van der Waals surface area contributed by atoms with E-state index in [4.69, 9.17) is 0 Å². The number of rotatable bonds is 5. The average Bonchev–Trinajstić information content (AvgIpc) is 2.78. The standard InChI is InChI=1S/C26H27BrN2O2/c1-28(2)24-11-4-3-7-18(24)17-29(20-15-13-19(27)14-16-20)26(31)23-10-5-9-22-21(23)8-6-12-25(22)30/h3-4,6-8,11-16,23,30H,5,9-10,17H2,1-2H3. The van der Waals surface area contributed by atoms with Crippen LogP contribution in [0, 0.1) is 0 Å². The second kappa shape index (κ2) is 9.15. The maximum Gasteiger partial charge on any atom is 0.234 e. The summed E-state index contributed by atoms with van der Waals surface area (Å²) in [5.41, 5.74) is 4.93. The Bertz CT molecular complexity index is 1080. The van der Waals surface area contributed by atoms with Gasteiger partial charge >= 0.3 is 0 Å². The normalized spacial score (nSPS) is 15.3. The van der Waals surface area contributed by atoms with Gasteiger partial charge in [-0.25, -0.2) is 0 Å². The molecule has 0 saturated heterocycles. The molecule has 1 amide bonds. The number of carbonyl (C=O) groups is 1. The summed E-state index contributed by atoms with van der Waals surface area (Å²) in [6.45, 7) is 0.486. The van der Waals surface area contributed by atoms with Crippen molar-refractivity contribution in [2.45, 2.75) is 31.7 Å². The SMILES string of the molecule is CN(C)c1ccccc1CN(C(=O)C1CCCc2c(O)cccc21)c1ccc(Br)cc1. The summed E-state index contributed by atoms with van der Waals surface area (Å²) in [5.74, 6) is 0.108. The maximum absolute atomic E-state index is 14.0. The van der Waals surface area contributed by atoms with Gasteiger partial charge in [0.15, 0.2) is 0 Å². The lowest BCUT2D eigenvalue weighted by molar-refractivity contribution is -0.120. The van der Waals surface area contributed by atoms with Gasteiger partial charge in [-0.3, -0.25) is 4.79 Å². The molecule has 0 saturated carbocycles. The fourth-order valence-electron chi connectivity index (χ4n) is 4.44. The average molecular weight is 479 g/mol. The summed E-state index contributed by atoms with van der Waals surface area (Å²) in [6, 6.07) is 21.6. The Morgan fingerprint density at radius 1 is 1.03 bits per heavy atom. The highest BCUT2D eigenvalue weighted by molar-refractivity contribution is 9.10. The van der Waals surface area contributed by atoms with Gasteiger partial charge in [0, 0.05) is 29.9 Å². The number of anilines is 2. The van der Waals surface area contributed by atoms with Crippen molar-refractivity contribution in [1.29, 1.82) is 0 Å². The van der Waals surface area contributed by atoms with Crippen LogP contribution in [0.25, 0.3) is 0 Å². The van der Waals surface area contributed by atoms with Crippen LogP contribution in [0.15, 0.2) is 71.2 Å². The predicted octanol–water partition coefficient (Wildman–Crippen LogP) is 5.87. The third-order valence-corrected chi connectivity index (χ3v) is 6.52. The molecule has 1 aliphatic carbocycles. The predicted molar refractivity (Wildman–Crippen MR) is 130 cm³/mol. The lowest BCUT2D eigenvalue weighted by atomic mass is 9.81. The van der Waals surface area contributed by atoms with E-state index in [0.29, 0.717) is 12.3 Å². The van der Waals surface area contributed by atoms with Gasteiger partial charge in [-0.15, -0.1) is 0 Å². The molecule has 0 heterocycles. The first kappa shape index (κ1) is 21.4. The van der Waals surface area contributed by atoms with Crippen molar-refractivity contribution in [1.82, 2.24) is 0 Å². The first-order valence-corrected chi connectivity index (χ1v) is 11.4. The molecule has 1 aliphatic rings. The highest BCUT2D eigenvalue weighted by atomic mass is 79.9. The summed E-state index contributed by atoms with van der Waals surface area (Å²) in [4.78, 5) is 17.9. The number of hydrogen-bond donors (Lipinski definition) is 1. The summed E-state index contributed by atoms with van der Waals surface area (Å²) in [6.07, 6.45) is 2.49. The molecule has 4 rings (SSSR count). The lowest BCUT2D eigenvalue weighted by Gasteiger charge is -2.32. The van der Waals surface area contributed by atoms with E-state index in [1.807, 2.05) is 67.5 Å². The molecule has 3 aromatic carbocycles. The highest BCUT2D eigenvalue weighted by Gasteiger charge is 2.32. The first-order chi connectivity index (χ1) is 15.0. The molecule has 0 aliphatic heterocycles. The number of halogens is 1. The molecule has 0 aromatic heterocycles. The topological polar surface area (TPSA) is 43.8 Å².